The van der Waals surface area contributed by atoms with Crippen LogP contribution in [-0.2, 0) is 23.6 Å². The van der Waals surface area contributed by atoms with Crippen LogP contribution in [0.3, 0.4) is 0 Å². The van der Waals surface area contributed by atoms with Crippen molar-refractivity contribution in [1.29, 1.82) is 0 Å². The molecule has 4 rings (SSSR count). The van der Waals surface area contributed by atoms with Gasteiger partial charge in [-0.15, -0.1) is 0 Å². The standard InChI is InChI=1S/C30H23F6N3O2/c31-29(32,33)21-16-22(30(34,35)36)18-23(17-21)37-28(41)39-26(15-19-9-3-1-4-10-19)27(40)38-25-14-8-7-13-24(25)20-11-5-2-6-12-20/h1-14,16-18,26H,15H2,(H,38,40)(H2,37,39,41). The lowest BCUT2D eigenvalue weighted by Gasteiger charge is -2.21. The van der Waals surface area contributed by atoms with Crippen LogP contribution in [0.15, 0.2) is 103 Å². The molecule has 3 amide bonds. The Balaban J connectivity index is 1.59. The summed E-state index contributed by atoms with van der Waals surface area (Å²) in [6.07, 6.45) is -10.2. The van der Waals surface area contributed by atoms with Gasteiger partial charge in [0.1, 0.15) is 6.04 Å². The Kier molecular flexibility index (Phi) is 8.65. The van der Waals surface area contributed by atoms with Crippen LogP contribution in [0.1, 0.15) is 16.7 Å². The van der Waals surface area contributed by atoms with Crippen LogP contribution >= 0.6 is 0 Å². The molecule has 3 N–H and O–H groups in total. The second kappa shape index (κ2) is 12.2. The molecule has 0 heterocycles. The number of nitrogens with one attached hydrogen (secondary N) is 3. The highest BCUT2D eigenvalue weighted by Gasteiger charge is 2.37. The van der Waals surface area contributed by atoms with E-state index in [9.17, 15) is 35.9 Å². The van der Waals surface area contributed by atoms with Crippen molar-refractivity contribution in [1.82, 2.24) is 5.32 Å². The fourth-order valence-corrected chi connectivity index (χ4v) is 4.09. The first-order valence-corrected chi connectivity index (χ1v) is 12.3. The highest BCUT2D eigenvalue weighted by Crippen LogP contribution is 2.37. The summed E-state index contributed by atoms with van der Waals surface area (Å²) in [5.74, 6) is -0.646. The number of halogens is 6. The van der Waals surface area contributed by atoms with Gasteiger partial charge in [0, 0.05) is 23.4 Å². The van der Waals surface area contributed by atoms with Crippen molar-refractivity contribution >= 4 is 23.3 Å². The molecule has 0 saturated carbocycles. The minimum Gasteiger partial charge on any atom is -0.326 e. The highest BCUT2D eigenvalue weighted by atomic mass is 19.4. The maximum absolute atomic E-state index is 13.4. The van der Waals surface area contributed by atoms with Gasteiger partial charge in [-0.3, -0.25) is 4.79 Å². The molecule has 4 aromatic carbocycles. The third kappa shape index (κ3) is 7.87. The first kappa shape index (κ1) is 29.2. The molecule has 0 aliphatic carbocycles. The van der Waals surface area contributed by atoms with Crippen molar-refractivity contribution in [2.45, 2.75) is 24.8 Å². The Morgan fingerprint density at radius 3 is 1.78 bits per heavy atom. The predicted molar refractivity (Wildman–Crippen MR) is 143 cm³/mol. The number of amides is 3. The fourth-order valence-electron chi connectivity index (χ4n) is 4.09. The first-order chi connectivity index (χ1) is 19.4. The summed E-state index contributed by atoms with van der Waals surface area (Å²) in [6.45, 7) is 0. The van der Waals surface area contributed by atoms with Crippen LogP contribution in [0, 0.1) is 0 Å². The van der Waals surface area contributed by atoms with Crippen LogP contribution < -0.4 is 16.0 Å². The number of hydrogen-bond donors (Lipinski definition) is 3. The molecule has 0 fully saturated rings. The third-order valence-corrected chi connectivity index (χ3v) is 6.02. The molecule has 0 bridgehead atoms. The van der Waals surface area contributed by atoms with E-state index in [-0.39, 0.29) is 12.5 Å². The van der Waals surface area contributed by atoms with Gasteiger partial charge in [0.2, 0.25) is 5.91 Å². The zero-order chi connectivity index (χ0) is 29.6. The summed E-state index contributed by atoms with van der Waals surface area (Å²) in [6, 6.07) is 23.1. The van der Waals surface area contributed by atoms with E-state index in [2.05, 4.69) is 10.6 Å². The van der Waals surface area contributed by atoms with Crippen LogP contribution in [0.5, 0.6) is 0 Å². The molecule has 1 unspecified atom stereocenters. The number of urea groups is 1. The van der Waals surface area contributed by atoms with E-state index in [4.69, 9.17) is 0 Å². The number of anilines is 2. The molecule has 0 aromatic heterocycles. The van der Waals surface area contributed by atoms with Gasteiger partial charge < -0.3 is 16.0 Å². The Labute approximate surface area is 231 Å². The van der Waals surface area contributed by atoms with Gasteiger partial charge in [0.25, 0.3) is 0 Å². The predicted octanol–water partition coefficient (Wildman–Crippen LogP) is 7.76. The summed E-state index contributed by atoms with van der Waals surface area (Å²) in [5, 5.41) is 7.17. The van der Waals surface area contributed by atoms with E-state index in [1.54, 1.807) is 54.6 Å². The van der Waals surface area contributed by atoms with Crippen LogP contribution in [-0.4, -0.2) is 18.0 Å². The lowest BCUT2D eigenvalue weighted by atomic mass is 10.0. The number of carbonyl (C=O) groups excluding carboxylic acids is 2. The molecule has 0 saturated heterocycles. The Morgan fingerprint density at radius 1 is 0.659 bits per heavy atom. The van der Waals surface area contributed by atoms with Crippen molar-refractivity contribution in [3.63, 3.8) is 0 Å². The largest absolute Gasteiger partial charge is 0.416 e. The van der Waals surface area contributed by atoms with Crippen molar-refractivity contribution in [3.8, 4) is 11.1 Å². The zero-order valence-corrected chi connectivity index (χ0v) is 21.2. The number of para-hydroxylation sites is 1. The van der Waals surface area contributed by atoms with E-state index in [1.807, 2.05) is 35.6 Å². The summed E-state index contributed by atoms with van der Waals surface area (Å²) in [4.78, 5) is 26.2. The maximum Gasteiger partial charge on any atom is 0.416 e. The van der Waals surface area contributed by atoms with Gasteiger partial charge in [0.15, 0.2) is 0 Å². The monoisotopic (exact) mass is 571 g/mol. The van der Waals surface area contributed by atoms with Crippen LogP contribution in [0.4, 0.5) is 42.5 Å². The Morgan fingerprint density at radius 2 is 1.20 bits per heavy atom. The number of hydrogen-bond acceptors (Lipinski definition) is 2. The van der Waals surface area contributed by atoms with Gasteiger partial charge >= 0.3 is 18.4 Å². The highest BCUT2D eigenvalue weighted by molar-refractivity contribution is 6.01. The summed E-state index contributed by atoms with van der Waals surface area (Å²) < 4.78 is 79.5. The van der Waals surface area contributed by atoms with Gasteiger partial charge in [-0.25, -0.2) is 4.79 Å². The number of alkyl halides is 6. The molecule has 212 valence electrons. The SMILES string of the molecule is O=C(Nc1cc(C(F)(F)F)cc(C(F)(F)F)c1)NC(Cc1ccccc1)C(=O)Nc1ccccc1-c1ccccc1. The van der Waals surface area contributed by atoms with E-state index in [0.717, 1.165) is 5.56 Å². The summed E-state index contributed by atoms with van der Waals surface area (Å²) >= 11 is 0. The van der Waals surface area contributed by atoms with Gasteiger partial charge in [-0.1, -0.05) is 78.9 Å². The minimum atomic E-state index is -5.09. The molecular formula is C30H23F6N3O2. The maximum atomic E-state index is 13.4. The fraction of sp³-hybridized carbons (Fsp3) is 0.133. The molecule has 0 aliphatic heterocycles. The van der Waals surface area contributed by atoms with Crippen molar-refractivity contribution < 1.29 is 35.9 Å². The molecular weight excluding hydrogens is 548 g/mol. The summed E-state index contributed by atoms with van der Waals surface area (Å²) in [5.41, 5.74) is -1.29. The zero-order valence-electron chi connectivity index (χ0n) is 21.2. The molecule has 1 atom stereocenters. The Hall–Kier alpha value is -4.80. The molecule has 0 aliphatic rings. The molecule has 0 radical (unpaired) electrons. The second-order valence-electron chi connectivity index (χ2n) is 9.04. The quantitative estimate of drug-likeness (QED) is 0.199. The van der Waals surface area contributed by atoms with E-state index in [1.165, 1.54) is 0 Å². The van der Waals surface area contributed by atoms with Crippen molar-refractivity contribution in [3.05, 3.63) is 120 Å². The lowest BCUT2D eigenvalue weighted by Crippen LogP contribution is -2.47. The number of rotatable bonds is 7. The molecule has 11 heteroatoms. The van der Waals surface area contributed by atoms with Crippen LogP contribution in [0.25, 0.3) is 11.1 Å². The number of carbonyl (C=O) groups is 2. The van der Waals surface area contributed by atoms with Gasteiger partial charge in [0.05, 0.1) is 11.1 Å². The Bertz CT molecular complexity index is 1470. The third-order valence-electron chi connectivity index (χ3n) is 6.02. The van der Waals surface area contributed by atoms with E-state index in [0.29, 0.717) is 28.9 Å². The van der Waals surface area contributed by atoms with Crippen LogP contribution in [0.2, 0.25) is 0 Å². The van der Waals surface area contributed by atoms with Crippen molar-refractivity contribution in [2.75, 3.05) is 10.6 Å². The van der Waals surface area contributed by atoms with Crippen molar-refractivity contribution in [2.24, 2.45) is 0 Å². The van der Waals surface area contributed by atoms with E-state index < -0.39 is 47.1 Å². The molecule has 0 spiro atoms. The average molecular weight is 572 g/mol. The summed E-state index contributed by atoms with van der Waals surface area (Å²) in [7, 11) is 0. The first-order valence-electron chi connectivity index (χ1n) is 12.3. The molecule has 41 heavy (non-hydrogen) atoms. The van der Waals surface area contributed by atoms with Gasteiger partial charge in [-0.05, 0) is 35.4 Å². The lowest BCUT2D eigenvalue weighted by molar-refractivity contribution is -0.143. The average Bonchev–Trinajstić information content (AvgIpc) is 2.93. The number of benzene rings is 4. The molecule has 4 aromatic rings. The van der Waals surface area contributed by atoms with E-state index >= 15 is 0 Å². The molecule has 5 nitrogen and oxygen atoms in total. The topological polar surface area (TPSA) is 70.2 Å². The second-order valence-corrected chi connectivity index (χ2v) is 9.04. The minimum absolute atomic E-state index is 0.00993. The smallest absolute Gasteiger partial charge is 0.326 e. The van der Waals surface area contributed by atoms with Gasteiger partial charge in [-0.2, -0.15) is 26.3 Å². The normalized spacial score (nSPS) is 12.3.